The third-order valence-electron chi connectivity index (χ3n) is 12.4. The third kappa shape index (κ3) is 3.00. The predicted octanol–water partition coefficient (Wildman–Crippen LogP) is 1.34. The minimum Gasteiger partial charge on any atom is -0.458 e. The molecule has 3 N–H and O–H groups in total. The van der Waals surface area contributed by atoms with Gasteiger partial charge in [-0.15, -0.1) is 0 Å². The van der Waals surface area contributed by atoms with Crippen molar-refractivity contribution in [3.8, 4) is 0 Å². The van der Waals surface area contributed by atoms with E-state index in [-0.39, 0.29) is 35.3 Å². The zero-order chi connectivity index (χ0) is 28.2. The number of hydrogen-bond acceptors (Lipinski definition) is 9. The van der Waals surface area contributed by atoms with Crippen LogP contribution >= 0.6 is 0 Å². The van der Waals surface area contributed by atoms with Crippen molar-refractivity contribution >= 4 is 5.97 Å². The maximum atomic E-state index is 13.4. The van der Waals surface area contributed by atoms with E-state index in [0.717, 1.165) is 25.9 Å². The van der Waals surface area contributed by atoms with Gasteiger partial charge in [-0.2, -0.15) is 0 Å². The lowest BCUT2D eigenvalue weighted by Crippen LogP contribution is -2.78. The monoisotopic (exact) mass is 557 g/mol. The normalized spacial score (nSPS) is 52.0. The highest BCUT2D eigenvalue weighted by atomic mass is 16.6. The summed E-state index contributed by atoms with van der Waals surface area (Å²) < 4.78 is 24.4. The van der Waals surface area contributed by atoms with Gasteiger partial charge >= 0.3 is 5.97 Å². The second-order valence-corrected chi connectivity index (χ2v) is 13.4. The van der Waals surface area contributed by atoms with Crippen LogP contribution in [0.1, 0.15) is 36.5 Å². The van der Waals surface area contributed by atoms with Gasteiger partial charge in [0, 0.05) is 68.4 Å². The Morgan fingerprint density at radius 2 is 1.82 bits per heavy atom. The molecule has 6 aliphatic rings. The summed E-state index contributed by atoms with van der Waals surface area (Å²) in [5.41, 5.74) is -2.06. The van der Waals surface area contributed by atoms with Crippen LogP contribution in [0.2, 0.25) is 0 Å². The second kappa shape index (κ2) is 9.20. The Hall–Kier alpha value is -1.59. The molecule has 9 heteroatoms. The fourth-order valence-electron chi connectivity index (χ4n) is 11.7. The van der Waals surface area contributed by atoms with E-state index < -0.39 is 53.2 Å². The van der Waals surface area contributed by atoms with E-state index >= 15 is 0 Å². The summed E-state index contributed by atoms with van der Waals surface area (Å²) in [5.74, 6) is -2.27. The van der Waals surface area contributed by atoms with Crippen LogP contribution in [0, 0.1) is 40.4 Å². The van der Waals surface area contributed by atoms with Crippen molar-refractivity contribution in [2.24, 2.45) is 40.4 Å². The van der Waals surface area contributed by atoms with Crippen LogP contribution in [-0.4, -0.2) is 109 Å². The molecule has 1 unspecified atom stereocenters. The summed E-state index contributed by atoms with van der Waals surface area (Å²) in [5, 5.41) is 37.3. The molecule has 1 saturated heterocycles. The predicted molar refractivity (Wildman–Crippen MR) is 143 cm³/mol. The van der Waals surface area contributed by atoms with E-state index in [1.54, 1.807) is 45.6 Å². The number of fused-ring (bicyclic) bond motifs is 2. The number of benzene rings is 1. The van der Waals surface area contributed by atoms with Crippen molar-refractivity contribution in [3.63, 3.8) is 0 Å². The molecule has 220 valence electrons. The zero-order valence-electron chi connectivity index (χ0n) is 23.8. The van der Waals surface area contributed by atoms with Crippen LogP contribution in [0.4, 0.5) is 0 Å². The molecule has 1 aliphatic heterocycles. The molecule has 9 nitrogen and oxygen atoms in total. The number of aliphatic hydroxyl groups is 3. The highest BCUT2D eigenvalue weighted by Crippen LogP contribution is 2.79. The Kier molecular flexibility index (Phi) is 6.27. The summed E-state index contributed by atoms with van der Waals surface area (Å²) in [4.78, 5) is 15.9. The molecule has 0 radical (unpaired) electrons. The van der Waals surface area contributed by atoms with Gasteiger partial charge in [0.1, 0.15) is 17.8 Å². The molecule has 0 aromatic heterocycles. The summed E-state index contributed by atoms with van der Waals surface area (Å²) in [7, 11) is 5.03. The van der Waals surface area contributed by atoms with Crippen molar-refractivity contribution in [2.75, 3.05) is 41.0 Å². The third-order valence-corrected chi connectivity index (χ3v) is 12.4. The highest BCUT2D eigenvalue weighted by molar-refractivity contribution is 5.89. The van der Waals surface area contributed by atoms with Gasteiger partial charge in [0.15, 0.2) is 0 Å². The number of aliphatic hydroxyl groups excluding tert-OH is 2. The molecular weight excluding hydrogens is 514 g/mol. The Labute approximate surface area is 235 Å². The fourth-order valence-corrected chi connectivity index (χ4v) is 11.7. The molecule has 5 aliphatic carbocycles. The molecule has 1 aromatic carbocycles. The Balaban J connectivity index is 1.43. The molecule has 1 aromatic rings. The zero-order valence-corrected chi connectivity index (χ0v) is 23.8. The van der Waals surface area contributed by atoms with Crippen molar-refractivity contribution < 1.29 is 39.1 Å². The van der Waals surface area contributed by atoms with E-state index in [0.29, 0.717) is 18.6 Å². The Morgan fingerprint density at radius 3 is 2.48 bits per heavy atom. The van der Waals surface area contributed by atoms with Gasteiger partial charge in [-0.05, 0) is 43.9 Å². The van der Waals surface area contributed by atoms with Gasteiger partial charge in [0.2, 0.25) is 0 Å². The average Bonchev–Trinajstić information content (AvgIpc) is 3.38. The number of likely N-dealkylation sites (tertiary alicyclic amines) is 1. The van der Waals surface area contributed by atoms with Crippen LogP contribution < -0.4 is 0 Å². The first-order valence-corrected chi connectivity index (χ1v) is 14.9. The quantitative estimate of drug-likeness (QED) is 0.427. The van der Waals surface area contributed by atoms with Crippen LogP contribution in [0.5, 0.6) is 0 Å². The second-order valence-electron chi connectivity index (χ2n) is 13.4. The van der Waals surface area contributed by atoms with Crippen LogP contribution in [0.25, 0.3) is 0 Å². The standard InChI is InChI=1S/C31H43NO8/c1-5-32-14-29(15-37-2)12-11-19(38-3)30-18-13-17-23(40-28(35)16-9-7-6-8-10-16)20(18)31(36,27(34)24(17)39-4)21(26(30)32)22(33)25(29)30/h6-10,17-27,33-34,36H,5,11-15H2,1-4H3/t17-,18+,19-,20+,21-,22-,23-,24+,25+,26?,27-,29-,30-,31+/m0/s1. The maximum Gasteiger partial charge on any atom is 0.338 e. The van der Waals surface area contributed by atoms with Gasteiger partial charge in [0.25, 0.3) is 0 Å². The molecule has 14 atom stereocenters. The lowest BCUT2D eigenvalue weighted by Gasteiger charge is -2.69. The Bertz CT molecular complexity index is 1150. The molecule has 7 bridgehead atoms. The minimum absolute atomic E-state index is 0.140. The molecule has 7 rings (SSSR count). The fraction of sp³-hybridized carbons (Fsp3) is 0.774. The molecule has 0 amide bonds. The van der Waals surface area contributed by atoms with Crippen LogP contribution in [0.15, 0.2) is 30.3 Å². The smallest absolute Gasteiger partial charge is 0.338 e. The van der Waals surface area contributed by atoms with E-state index in [1.165, 1.54) is 0 Å². The number of carbonyl (C=O) groups is 1. The topological polar surface area (TPSA) is 118 Å². The van der Waals surface area contributed by atoms with E-state index in [2.05, 4.69) is 11.8 Å². The number of methoxy groups -OCH3 is 3. The average molecular weight is 558 g/mol. The molecule has 5 saturated carbocycles. The lowest BCUT2D eigenvalue weighted by atomic mass is 9.43. The number of piperidine rings is 1. The largest absolute Gasteiger partial charge is 0.458 e. The highest BCUT2D eigenvalue weighted by Gasteiger charge is 2.88. The first-order valence-electron chi connectivity index (χ1n) is 14.9. The number of hydrogen-bond donors (Lipinski definition) is 3. The van der Waals surface area contributed by atoms with Crippen LogP contribution in [-0.2, 0) is 18.9 Å². The van der Waals surface area contributed by atoms with Gasteiger partial charge in [-0.1, -0.05) is 25.1 Å². The summed E-state index contributed by atoms with van der Waals surface area (Å²) in [6.45, 7) is 4.16. The van der Waals surface area contributed by atoms with Crippen molar-refractivity contribution in [1.29, 1.82) is 0 Å². The summed E-state index contributed by atoms with van der Waals surface area (Å²) in [6.07, 6.45) is -1.33. The van der Waals surface area contributed by atoms with Gasteiger partial charge in [-0.25, -0.2) is 4.79 Å². The number of esters is 1. The molecule has 1 heterocycles. The molecule has 1 spiro atoms. The Morgan fingerprint density at radius 1 is 1.07 bits per heavy atom. The SMILES string of the molecule is CCN1C[C@]2(COC)CC[C@H](OC)[C@]34C1[C@H]([C@H](O)[C@H]23)[C@]1(O)[C@H]2[C@@H](OC(=O)c3ccccc3)[C@H](C[C@H]24)[C@@H](OC)[C@@H]1O. The molecule has 6 fully saturated rings. The van der Waals surface area contributed by atoms with Crippen molar-refractivity contribution in [3.05, 3.63) is 35.9 Å². The maximum absolute atomic E-state index is 13.4. The van der Waals surface area contributed by atoms with E-state index in [1.807, 2.05) is 6.07 Å². The first kappa shape index (κ1) is 27.3. The molecule has 40 heavy (non-hydrogen) atoms. The number of rotatable bonds is 7. The summed E-state index contributed by atoms with van der Waals surface area (Å²) in [6, 6.07) is 8.71. The summed E-state index contributed by atoms with van der Waals surface area (Å²) >= 11 is 0. The van der Waals surface area contributed by atoms with Crippen LogP contribution in [0.3, 0.4) is 0 Å². The van der Waals surface area contributed by atoms with E-state index in [4.69, 9.17) is 18.9 Å². The number of carbonyl (C=O) groups excluding carboxylic acids is 1. The van der Waals surface area contributed by atoms with Gasteiger partial charge in [-0.3, -0.25) is 4.90 Å². The number of nitrogens with zero attached hydrogens (tertiary/aromatic N) is 1. The minimum atomic E-state index is -1.71. The van der Waals surface area contributed by atoms with Crippen molar-refractivity contribution in [1.82, 2.24) is 4.90 Å². The van der Waals surface area contributed by atoms with Gasteiger partial charge < -0.3 is 34.3 Å². The van der Waals surface area contributed by atoms with E-state index in [9.17, 15) is 20.1 Å². The number of ether oxygens (including phenoxy) is 4. The molecular formula is C31H43NO8. The lowest BCUT2D eigenvalue weighted by molar-refractivity contribution is -0.299. The first-order chi connectivity index (χ1) is 19.3. The van der Waals surface area contributed by atoms with Gasteiger partial charge in [0.05, 0.1) is 30.5 Å². The van der Waals surface area contributed by atoms with Crippen molar-refractivity contribution in [2.45, 2.75) is 68.3 Å².